The molecular weight excluding hydrogens is 292 g/mol. The van der Waals surface area contributed by atoms with Gasteiger partial charge < -0.3 is 19.6 Å². The summed E-state index contributed by atoms with van der Waals surface area (Å²) in [5.74, 6) is 2.30. The highest BCUT2D eigenvalue weighted by atomic mass is 16.5. The van der Waals surface area contributed by atoms with Crippen LogP contribution in [0.1, 0.15) is 23.6 Å². The SMILES string of the molecule is COc1ccc(C2=NNC(c3ccc(OC)c(OC)c3)C2)cc1. The number of nitrogens with one attached hydrogen (secondary N) is 1. The third kappa shape index (κ3) is 3.08. The van der Waals surface area contributed by atoms with E-state index in [0.29, 0.717) is 0 Å². The van der Waals surface area contributed by atoms with E-state index in [1.807, 2.05) is 42.5 Å². The fourth-order valence-electron chi connectivity index (χ4n) is 2.67. The number of hydrogen-bond donors (Lipinski definition) is 1. The maximum Gasteiger partial charge on any atom is 0.161 e. The van der Waals surface area contributed by atoms with Crippen molar-refractivity contribution >= 4 is 5.71 Å². The lowest BCUT2D eigenvalue weighted by Crippen LogP contribution is -2.10. The van der Waals surface area contributed by atoms with Crippen molar-refractivity contribution in [3.8, 4) is 17.2 Å². The number of nitrogens with zero attached hydrogens (tertiary/aromatic N) is 1. The minimum absolute atomic E-state index is 0.131. The number of benzene rings is 2. The Hall–Kier alpha value is -2.69. The third-order valence-electron chi connectivity index (χ3n) is 3.99. The van der Waals surface area contributed by atoms with E-state index in [0.717, 1.165) is 40.5 Å². The molecule has 0 aliphatic carbocycles. The maximum absolute atomic E-state index is 5.37. The lowest BCUT2D eigenvalue weighted by Gasteiger charge is -2.14. The van der Waals surface area contributed by atoms with Gasteiger partial charge in [-0.2, -0.15) is 5.10 Å². The molecular formula is C18H20N2O3. The van der Waals surface area contributed by atoms with E-state index in [4.69, 9.17) is 14.2 Å². The Kier molecular flexibility index (Phi) is 4.37. The monoisotopic (exact) mass is 312 g/mol. The molecule has 0 aromatic heterocycles. The molecule has 0 bridgehead atoms. The number of ether oxygens (including phenoxy) is 3. The Bertz CT molecular complexity index is 711. The third-order valence-corrected chi connectivity index (χ3v) is 3.99. The standard InChI is InChI=1S/C18H20N2O3/c1-21-14-7-4-12(5-8-14)15-11-16(20-19-15)13-6-9-17(22-2)18(10-13)23-3/h4-10,16,20H,11H2,1-3H3. The van der Waals surface area contributed by atoms with Gasteiger partial charge >= 0.3 is 0 Å². The van der Waals surface area contributed by atoms with Crippen LogP contribution in [0.3, 0.4) is 0 Å². The van der Waals surface area contributed by atoms with Crippen LogP contribution < -0.4 is 19.6 Å². The quantitative estimate of drug-likeness (QED) is 0.921. The minimum Gasteiger partial charge on any atom is -0.497 e. The van der Waals surface area contributed by atoms with Crippen molar-refractivity contribution < 1.29 is 14.2 Å². The first kappa shape index (κ1) is 15.2. The first-order valence-electron chi connectivity index (χ1n) is 7.43. The molecule has 1 heterocycles. The molecule has 2 aromatic rings. The molecule has 23 heavy (non-hydrogen) atoms. The summed E-state index contributed by atoms with van der Waals surface area (Å²) in [5.41, 5.74) is 6.45. The summed E-state index contributed by atoms with van der Waals surface area (Å²) < 4.78 is 15.8. The van der Waals surface area contributed by atoms with Crippen molar-refractivity contribution in [2.75, 3.05) is 21.3 Å². The molecule has 1 aliphatic heterocycles. The van der Waals surface area contributed by atoms with Crippen LogP contribution in [-0.2, 0) is 0 Å². The molecule has 5 nitrogen and oxygen atoms in total. The van der Waals surface area contributed by atoms with Crippen LogP contribution in [0.15, 0.2) is 47.6 Å². The van der Waals surface area contributed by atoms with E-state index in [1.165, 1.54) is 0 Å². The Morgan fingerprint density at radius 1 is 0.913 bits per heavy atom. The molecule has 0 saturated carbocycles. The van der Waals surface area contributed by atoms with Crippen LogP contribution in [0.4, 0.5) is 0 Å². The summed E-state index contributed by atoms with van der Waals surface area (Å²) in [7, 11) is 4.94. The number of rotatable bonds is 5. The van der Waals surface area contributed by atoms with Gasteiger partial charge in [-0.15, -0.1) is 0 Å². The van der Waals surface area contributed by atoms with Gasteiger partial charge in [0.05, 0.1) is 33.1 Å². The first-order valence-corrected chi connectivity index (χ1v) is 7.43. The smallest absolute Gasteiger partial charge is 0.161 e. The first-order chi connectivity index (χ1) is 11.2. The predicted octanol–water partition coefficient (Wildman–Crippen LogP) is 3.15. The second-order valence-corrected chi connectivity index (χ2v) is 5.29. The maximum atomic E-state index is 5.37. The molecule has 0 spiro atoms. The summed E-state index contributed by atoms with van der Waals surface area (Å²) >= 11 is 0. The summed E-state index contributed by atoms with van der Waals surface area (Å²) in [6, 6.07) is 14.0. The molecule has 1 aliphatic rings. The van der Waals surface area contributed by atoms with Crippen molar-refractivity contribution in [1.82, 2.24) is 5.43 Å². The number of hydrazone groups is 1. The van der Waals surface area contributed by atoms with E-state index >= 15 is 0 Å². The molecule has 1 unspecified atom stereocenters. The second-order valence-electron chi connectivity index (χ2n) is 5.29. The van der Waals surface area contributed by atoms with Crippen LogP contribution in [-0.4, -0.2) is 27.0 Å². The average molecular weight is 312 g/mol. The van der Waals surface area contributed by atoms with Crippen LogP contribution in [0.25, 0.3) is 0 Å². The van der Waals surface area contributed by atoms with Gasteiger partial charge in [0.1, 0.15) is 5.75 Å². The van der Waals surface area contributed by atoms with Crippen molar-refractivity contribution in [2.45, 2.75) is 12.5 Å². The lowest BCUT2D eigenvalue weighted by atomic mass is 9.99. The molecule has 0 radical (unpaired) electrons. The summed E-state index contributed by atoms with van der Waals surface area (Å²) in [6.45, 7) is 0. The van der Waals surface area contributed by atoms with E-state index in [1.54, 1.807) is 21.3 Å². The predicted molar refractivity (Wildman–Crippen MR) is 89.6 cm³/mol. The van der Waals surface area contributed by atoms with Crippen molar-refractivity contribution in [1.29, 1.82) is 0 Å². The summed E-state index contributed by atoms with van der Waals surface area (Å²) in [4.78, 5) is 0. The number of hydrogen-bond acceptors (Lipinski definition) is 5. The zero-order chi connectivity index (χ0) is 16.2. The normalized spacial score (nSPS) is 16.5. The summed E-state index contributed by atoms with van der Waals surface area (Å²) in [6.07, 6.45) is 0.821. The van der Waals surface area contributed by atoms with E-state index in [-0.39, 0.29) is 6.04 Å². The van der Waals surface area contributed by atoms with Gasteiger partial charge in [-0.3, -0.25) is 0 Å². The van der Waals surface area contributed by atoms with Crippen LogP contribution in [0.2, 0.25) is 0 Å². The molecule has 2 aromatic carbocycles. The molecule has 1 N–H and O–H groups in total. The molecule has 120 valence electrons. The van der Waals surface area contributed by atoms with Crippen molar-refractivity contribution in [2.24, 2.45) is 5.10 Å². The van der Waals surface area contributed by atoms with Gasteiger partial charge in [-0.05, 0) is 47.5 Å². The zero-order valence-electron chi connectivity index (χ0n) is 13.5. The van der Waals surface area contributed by atoms with E-state index in [2.05, 4.69) is 10.5 Å². The van der Waals surface area contributed by atoms with E-state index in [9.17, 15) is 0 Å². The Balaban J connectivity index is 1.75. The van der Waals surface area contributed by atoms with Crippen molar-refractivity contribution in [3.05, 3.63) is 53.6 Å². The highest BCUT2D eigenvalue weighted by Gasteiger charge is 2.22. The van der Waals surface area contributed by atoms with Gasteiger partial charge in [0.2, 0.25) is 0 Å². The molecule has 3 rings (SSSR count). The van der Waals surface area contributed by atoms with Crippen LogP contribution >= 0.6 is 0 Å². The molecule has 0 amide bonds. The second kappa shape index (κ2) is 6.60. The van der Waals surface area contributed by atoms with Crippen LogP contribution in [0.5, 0.6) is 17.2 Å². The Labute approximate surface area is 135 Å². The zero-order valence-corrected chi connectivity index (χ0v) is 13.5. The van der Waals surface area contributed by atoms with Gasteiger partial charge in [-0.25, -0.2) is 0 Å². The molecule has 5 heteroatoms. The van der Waals surface area contributed by atoms with Crippen LogP contribution in [0, 0.1) is 0 Å². The highest BCUT2D eigenvalue weighted by Crippen LogP contribution is 2.33. The highest BCUT2D eigenvalue weighted by molar-refractivity contribution is 6.01. The minimum atomic E-state index is 0.131. The molecule has 1 atom stereocenters. The van der Waals surface area contributed by atoms with Gasteiger partial charge in [0, 0.05) is 6.42 Å². The topological polar surface area (TPSA) is 52.1 Å². The van der Waals surface area contributed by atoms with Gasteiger partial charge in [0.15, 0.2) is 11.5 Å². The lowest BCUT2D eigenvalue weighted by molar-refractivity contribution is 0.354. The Morgan fingerprint density at radius 2 is 1.65 bits per heavy atom. The average Bonchev–Trinajstić information content (AvgIpc) is 3.11. The van der Waals surface area contributed by atoms with Crippen molar-refractivity contribution in [3.63, 3.8) is 0 Å². The fourth-order valence-corrected chi connectivity index (χ4v) is 2.67. The van der Waals surface area contributed by atoms with Gasteiger partial charge in [0.25, 0.3) is 0 Å². The van der Waals surface area contributed by atoms with E-state index < -0.39 is 0 Å². The molecule has 0 fully saturated rings. The number of methoxy groups -OCH3 is 3. The Morgan fingerprint density at radius 3 is 2.30 bits per heavy atom. The van der Waals surface area contributed by atoms with Gasteiger partial charge in [-0.1, -0.05) is 6.07 Å². The fraction of sp³-hybridized carbons (Fsp3) is 0.278. The summed E-state index contributed by atoms with van der Waals surface area (Å²) in [5, 5.41) is 4.47. The largest absolute Gasteiger partial charge is 0.497 e. The molecule has 0 saturated heterocycles.